The summed E-state index contributed by atoms with van der Waals surface area (Å²) in [5, 5.41) is 17.7. The zero-order valence-electron chi connectivity index (χ0n) is 5.48. The molecule has 0 spiro atoms. The molecule has 0 aliphatic heterocycles. The summed E-state index contributed by atoms with van der Waals surface area (Å²) in [6.45, 7) is 0. The number of rotatable bonds is 0. The van der Waals surface area contributed by atoms with Crippen molar-refractivity contribution in [2.24, 2.45) is 0 Å². The van der Waals surface area contributed by atoms with Gasteiger partial charge in [-0.05, 0) is 12.2 Å². The van der Waals surface area contributed by atoms with E-state index in [2.05, 4.69) is 0 Å². The van der Waals surface area contributed by atoms with Crippen LogP contribution in [0.4, 0.5) is 0 Å². The first-order valence-corrected chi connectivity index (χ1v) is 3.93. The Labute approximate surface area is 64.6 Å². The first kappa shape index (κ1) is 7.87. The van der Waals surface area contributed by atoms with Gasteiger partial charge in [-0.3, -0.25) is 0 Å². The second-order valence-corrected chi connectivity index (χ2v) is 3.04. The predicted molar refractivity (Wildman–Crippen MR) is 40.0 cm³/mol. The summed E-state index contributed by atoms with van der Waals surface area (Å²) in [5.41, 5.74) is 0. The molecule has 0 radical (unpaired) electrons. The van der Waals surface area contributed by atoms with Gasteiger partial charge in [-0.2, -0.15) is 8.42 Å². The lowest BCUT2D eigenvalue weighted by molar-refractivity contribution is 0.332. The van der Waals surface area contributed by atoms with Gasteiger partial charge in [0, 0.05) is 6.42 Å². The van der Waals surface area contributed by atoms with Gasteiger partial charge in [-0.15, -0.1) is 0 Å². The maximum Gasteiger partial charge on any atom is 0.217 e. The molecule has 0 heterocycles. The summed E-state index contributed by atoms with van der Waals surface area (Å²) in [6.07, 6.45) is 2.26. The number of hydrogen-bond acceptors (Lipinski definition) is 4. The van der Waals surface area contributed by atoms with Crippen LogP contribution in [0.5, 0.6) is 0 Å². The summed E-state index contributed by atoms with van der Waals surface area (Å²) in [6, 6.07) is 0. The molecule has 2 N–H and O–H groups in total. The topological polar surface area (TPSA) is 74.6 Å². The third-order valence-corrected chi connectivity index (χ3v) is 1.99. The number of aliphatic hydroxyl groups excluding tert-OH is 2. The van der Waals surface area contributed by atoms with Gasteiger partial charge in [0.1, 0.15) is 5.76 Å². The lowest BCUT2D eigenvalue weighted by Gasteiger charge is -2.04. The van der Waals surface area contributed by atoms with Gasteiger partial charge in [-0.1, -0.05) is 0 Å². The molecule has 0 unspecified atom stereocenters. The standard InChI is InChI=1S/C6H6O4S/c7-5-2-1-4(11(9)10)3-6(5)8/h1-2,7-8H,3H2. The molecule has 0 atom stereocenters. The maximum atomic E-state index is 10.3. The highest BCUT2D eigenvalue weighted by molar-refractivity contribution is 7.73. The second kappa shape index (κ2) is 2.79. The van der Waals surface area contributed by atoms with E-state index in [0.717, 1.165) is 6.08 Å². The van der Waals surface area contributed by atoms with Crippen LogP contribution in [-0.2, 0) is 10.3 Å². The molecule has 1 aliphatic carbocycles. The summed E-state index contributed by atoms with van der Waals surface area (Å²) in [7, 11) is -2.31. The van der Waals surface area contributed by atoms with E-state index >= 15 is 0 Å². The molecule has 0 saturated heterocycles. The van der Waals surface area contributed by atoms with Crippen molar-refractivity contribution in [2.45, 2.75) is 6.42 Å². The zero-order chi connectivity index (χ0) is 8.43. The minimum atomic E-state index is -2.31. The highest BCUT2D eigenvalue weighted by Gasteiger charge is 2.10. The molecule has 1 rings (SSSR count). The van der Waals surface area contributed by atoms with Crippen molar-refractivity contribution in [3.8, 4) is 0 Å². The van der Waals surface area contributed by atoms with Crippen molar-refractivity contribution in [3.05, 3.63) is 23.7 Å². The van der Waals surface area contributed by atoms with Gasteiger partial charge in [0.05, 0.1) is 4.86 Å². The van der Waals surface area contributed by atoms with Crippen molar-refractivity contribution in [2.75, 3.05) is 0 Å². The van der Waals surface area contributed by atoms with E-state index in [1.807, 2.05) is 0 Å². The average Bonchev–Trinajstić information content (AvgIpc) is 1.94. The minimum Gasteiger partial charge on any atom is -0.508 e. The monoisotopic (exact) mass is 174 g/mol. The lowest BCUT2D eigenvalue weighted by Crippen LogP contribution is -2.04. The van der Waals surface area contributed by atoms with Crippen LogP contribution in [0.15, 0.2) is 23.7 Å². The Bertz CT molecular complexity index is 350. The van der Waals surface area contributed by atoms with Crippen molar-refractivity contribution in [1.82, 2.24) is 0 Å². The van der Waals surface area contributed by atoms with E-state index in [0.29, 0.717) is 0 Å². The lowest BCUT2D eigenvalue weighted by atomic mass is 10.1. The molecule has 0 amide bonds. The fraction of sp³-hybridized carbons (Fsp3) is 0.167. The molecule has 0 bridgehead atoms. The van der Waals surface area contributed by atoms with Crippen LogP contribution in [0.1, 0.15) is 6.42 Å². The zero-order valence-corrected chi connectivity index (χ0v) is 6.30. The molecule has 5 heteroatoms. The molecule has 0 aromatic heterocycles. The van der Waals surface area contributed by atoms with Gasteiger partial charge < -0.3 is 10.2 Å². The molecular formula is C6H6O4S. The molecule has 0 aromatic rings. The second-order valence-electron chi connectivity index (χ2n) is 2.04. The fourth-order valence-electron chi connectivity index (χ4n) is 0.697. The number of allylic oxidation sites excluding steroid dienone is 3. The molecule has 0 saturated carbocycles. The van der Waals surface area contributed by atoms with Crippen molar-refractivity contribution < 1.29 is 18.6 Å². The third kappa shape index (κ3) is 1.62. The first-order valence-electron chi connectivity index (χ1n) is 2.85. The third-order valence-electron chi connectivity index (χ3n) is 1.28. The quantitative estimate of drug-likeness (QED) is 0.519. The Hall–Kier alpha value is -1.23. The Morgan fingerprint density at radius 3 is 2.36 bits per heavy atom. The van der Waals surface area contributed by atoms with Gasteiger partial charge in [0.25, 0.3) is 0 Å². The van der Waals surface area contributed by atoms with Gasteiger partial charge in [0.2, 0.25) is 10.3 Å². The van der Waals surface area contributed by atoms with Crippen LogP contribution in [0.2, 0.25) is 0 Å². The summed E-state index contributed by atoms with van der Waals surface area (Å²) >= 11 is 0. The van der Waals surface area contributed by atoms with E-state index in [1.54, 1.807) is 0 Å². The van der Waals surface area contributed by atoms with Crippen LogP contribution in [0.25, 0.3) is 0 Å². The van der Waals surface area contributed by atoms with Crippen LogP contribution >= 0.6 is 0 Å². The highest BCUT2D eigenvalue weighted by atomic mass is 32.2. The van der Waals surface area contributed by atoms with E-state index in [9.17, 15) is 8.42 Å². The molecule has 0 aromatic carbocycles. The predicted octanol–water partition coefficient (Wildman–Crippen LogP) is 0.325. The molecule has 60 valence electrons. The minimum absolute atomic E-state index is 0.0697. The summed E-state index contributed by atoms with van der Waals surface area (Å²) in [5.74, 6) is -0.592. The van der Waals surface area contributed by atoms with Gasteiger partial charge in [-0.25, -0.2) is 0 Å². The van der Waals surface area contributed by atoms with Crippen molar-refractivity contribution in [1.29, 1.82) is 0 Å². The largest absolute Gasteiger partial charge is 0.508 e. The molecule has 11 heavy (non-hydrogen) atoms. The number of aliphatic hydroxyl groups is 2. The molecular weight excluding hydrogens is 168 g/mol. The highest BCUT2D eigenvalue weighted by Crippen LogP contribution is 2.11. The Morgan fingerprint density at radius 2 is 1.91 bits per heavy atom. The smallest absolute Gasteiger partial charge is 0.217 e. The van der Waals surface area contributed by atoms with E-state index in [-0.39, 0.29) is 22.8 Å². The van der Waals surface area contributed by atoms with Crippen LogP contribution in [0, 0.1) is 0 Å². The maximum absolute atomic E-state index is 10.3. The summed E-state index contributed by atoms with van der Waals surface area (Å²) in [4.78, 5) is 0.0697. The van der Waals surface area contributed by atoms with Crippen LogP contribution in [-0.4, -0.2) is 23.5 Å². The van der Waals surface area contributed by atoms with Crippen LogP contribution in [0.3, 0.4) is 0 Å². The molecule has 1 aliphatic rings. The normalized spacial score (nSPS) is 17.3. The Morgan fingerprint density at radius 1 is 1.27 bits per heavy atom. The number of hydrogen-bond donors (Lipinski definition) is 2. The SMILES string of the molecule is O=S(=O)=C1C=CC(O)=C(O)C1. The van der Waals surface area contributed by atoms with Crippen LogP contribution < -0.4 is 0 Å². The summed E-state index contributed by atoms with van der Waals surface area (Å²) < 4.78 is 20.6. The van der Waals surface area contributed by atoms with E-state index < -0.39 is 10.3 Å². The van der Waals surface area contributed by atoms with E-state index in [4.69, 9.17) is 10.2 Å². The Kier molecular flexibility index (Phi) is 2.00. The van der Waals surface area contributed by atoms with Crippen molar-refractivity contribution >= 4 is 15.2 Å². The van der Waals surface area contributed by atoms with Gasteiger partial charge in [0.15, 0.2) is 5.76 Å². The Balaban J connectivity index is 3.11. The molecule has 0 fully saturated rings. The average molecular weight is 174 g/mol. The molecule has 4 nitrogen and oxygen atoms in total. The first-order chi connectivity index (χ1) is 5.11. The van der Waals surface area contributed by atoms with Crippen molar-refractivity contribution in [3.63, 3.8) is 0 Å². The van der Waals surface area contributed by atoms with Gasteiger partial charge >= 0.3 is 0 Å². The fourth-order valence-corrected chi connectivity index (χ4v) is 1.13. The van der Waals surface area contributed by atoms with E-state index in [1.165, 1.54) is 6.08 Å².